The molecular weight excluding hydrogens is 506 g/mol. The van der Waals surface area contributed by atoms with E-state index in [9.17, 15) is 39.5 Å². The Morgan fingerprint density at radius 1 is 0.677 bits per heavy atom. The molecule has 0 bridgehead atoms. The van der Waals surface area contributed by atoms with Crippen molar-refractivity contribution in [2.75, 3.05) is 19.8 Å². The summed E-state index contributed by atoms with van der Waals surface area (Å²) < 4.78 is 130. The molecule has 186 valence electrons. The number of halogens is 9. The number of rotatable bonds is 8. The van der Waals surface area contributed by atoms with Crippen LogP contribution in [-0.4, -0.2) is 54.8 Å². The van der Waals surface area contributed by atoms with E-state index < -0.39 is 62.6 Å². The first-order chi connectivity index (χ1) is 13.4. The van der Waals surface area contributed by atoms with Crippen LogP contribution in [0, 0.1) is 0 Å². The Labute approximate surface area is 175 Å². The zero-order valence-electron chi connectivity index (χ0n) is 17.5. The van der Waals surface area contributed by atoms with Gasteiger partial charge in [0.2, 0.25) is 0 Å². The van der Waals surface area contributed by atoms with Crippen LogP contribution in [0.4, 0.5) is 39.5 Å². The van der Waals surface area contributed by atoms with Crippen LogP contribution >= 0.6 is 7.74 Å². The van der Waals surface area contributed by atoms with E-state index >= 15 is 0 Å². The Morgan fingerprint density at radius 2 is 0.968 bits per heavy atom. The Morgan fingerprint density at radius 3 is 1.10 bits per heavy atom. The van der Waals surface area contributed by atoms with Crippen LogP contribution in [0.3, 0.4) is 0 Å². The van der Waals surface area contributed by atoms with Crippen molar-refractivity contribution in [3.05, 3.63) is 10.4 Å². The normalized spacial score (nSPS) is 13.8. The molecule has 0 aliphatic heterocycles. The van der Waals surface area contributed by atoms with E-state index in [1.807, 2.05) is 19.6 Å². The Balaban J connectivity index is 0. The molecule has 0 radical (unpaired) electrons. The van der Waals surface area contributed by atoms with E-state index in [0.29, 0.717) is 0 Å². The molecule has 0 aromatic carbocycles. The molecular formula is C12H24F9N4O3PSi2. The van der Waals surface area contributed by atoms with Gasteiger partial charge in [-0.1, -0.05) is 19.6 Å². The monoisotopic (exact) mass is 530 g/mol. The molecule has 0 atom stereocenters. The number of alkyl halides is 9. The first-order valence-electron chi connectivity index (χ1n) is 8.22. The van der Waals surface area contributed by atoms with Gasteiger partial charge < -0.3 is 0 Å². The fraction of sp³-hybridized carbons (Fsp3) is 1.00. The van der Waals surface area contributed by atoms with E-state index in [1.54, 1.807) is 0 Å². The molecule has 0 aromatic heterocycles. The third-order valence-corrected chi connectivity index (χ3v) is 7.38. The maximum Gasteiger partial charge on any atom is 0.412 e. The second-order valence-electron chi connectivity index (χ2n) is 7.77. The van der Waals surface area contributed by atoms with E-state index in [1.165, 1.54) is 19.6 Å². The summed E-state index contributed by atoms with van der Waals surface area (Å²) in [6.07, 6.45) is -15.1. The van der Waals surface area contributed by atoms with Crippen LogP contribution in [0.15, 0.2) is 9.19 Å². The molecule has 0 unspecified atom stereocenters. The second-order valence-corrected chi connectivity index (χ2v) is 19.2. The van der Waals surface area contributed by atoms with Crippen molar-refractivity contribution in [1.29, 1.82) is 0 Å². The predicted octanol–water partition coefficient (Wildman–Crippen LogP) is 7.64. The highest BCUT2D eigenvalue weighted by molar-refractivity contribution is 7.52. The molecule has 0 aromatic rings. The van der Waals surface area contributed by atoms with Crippen LogP contribution in [0.25, 0.3) is 10.4 Å². The fourth-order valence-corrected chi connectivity index (χ4v) is 6.22. The van der Waals surface area contributed by atoms with Crippen molar-refractivity contribution in [3.63, 3.8) is 0 Å². The summed E-state index contributed by atoms with van der Waals surface area (Å²) in [5.41, 5.74) is 7.89. The number of azide groups is 1. The Hall–Kier alpha value is -0.776. The lowest BCUT2D eigenvalue weighted by Gasteiger charge is -2.28. The highest BCUT2D eigenvalue weighted by atomic mass is 31.2. The molecule has 19 heteroatoms. The average Bonchev–Trinajstić information content (AvgIpc) is 2.44. The highest BCUT2D eigenvalue weighted by Gasteiger charge is 2.41. The molecule has 0 saturated heterocycles. The lowest BCUT2D eigenvalue weighted by Crippen LogP contribution is -2.25. The largest absolute Gasteiger partial charge is 0.412 e. The lowest BCUT2D eigenvalue weighted by molar-refractivity contribution is -0.177. The molecule has 31 heavy (non-hydrogen) atoms. The maximum absolute atomic E-state index is 12.3. The second kappa shape index (κ2) is 11.9. The van der Waals surface area contributed by atoms with E-state index in [-0.39, 0.29) is 0 Å². The molecule has 0 rings (SSSR count). The van der Waals surface area contributed by atoms with Crippen LogP contribution in [0.2, 0.25) is 39.3 Å². The molecule has 0 aliphatic carbocycles. The summed E-state index contributed by atoms with van der Waals surface area (Å²) in [6.45, 7) is 3.55. The van der Waals surface area contributed by atoms with Crippen molar-refractivity contribution < 1.29 is 53.1 Å². The summed E-state index contributed by atoms with van der Waals surface area (Å²) in [5.74, 6) is 0. The fourth-order valence-electron chi connectivity index (χ4n) is 1.16. The van der Waals surface area contributed by atoms with Crippen LogP contribution in [0.5, 0.6) is 0 Å². The number of nitrogens with zero attached hydrogens (tertiary/aromatic N) is 4. The smallest absolute Gasteiger partial charge is 0.294 e. The number of hydrogen-bond acceptors (Lipinski definition) is 5. The topological polar surface area (TPSA) is 88.8 Å². The molecule has 0 saturated carbocycles. The number of hydrogen-bond donors (Lipinski definition) is 0. The van der Waals surface area contributed by atoms with Gasteiger partial charge in [0.25, 0.3) is 0 Å². The van der Waals surface area contributed by atoms with Crippen LogP contribution < -0.4 is 0 Å². The summed E-state index contributed by atoms with van der Waals surface area (Å²) in [7, 11) is -9.21. The van der Waals surface area contributed by atoms with Gasteiger partial charge >= 0.3 is 26.3 Å². The first kappa shape index (κ1) is 32.4. The van der Waals surface area contributed by atoms with Gasteiger partial charge in [0.15, 0.2) is 28.1 Å². The molecule has 0 aliphatic rings. The minimum Gasteiger partial charge on any atom is -0.294 e. The van der Waals surface area contributed by atoms with Crippen molar-refractivity contribution in [1.82, 2.24) is 0 Å². The van der Waals surface area contributed by atoms with Crippen LogP contribution in [-0.2, 0) is 13.6 Å². The molecule has 0 spiro atoms. The minimum atomic E-state index is -5.02. The SMILES string of the molecule is C[Si](C)(C)N=P(OCC(F)(F)F)(OCC(F)(F)F)OCC(F)(F)F.C[Si](C)(C)N=[N+]=[N-]. The molecule has 0 fully saturated rings. The predicted molar refractivity (Wildman–Crippen MR) is 101 cm³/mol. The van der Waals surface area contributed by atoms with Gasteiger partial charge in [-0.3, -0.25) is 18.0 Å². The average molecular weight is 530 g/mol. The third-order valence-electron chi connectivity index (χ3n) is 1.94. The zero-order valence-corrected chi connectivity index (χ0v) is 20.4. The van der Waals surface area contributed by atoms with Gasteiger partial charge in [0.05, 0.1) is 0 Å². The standard InChI is InChI=1S/C9H15F9NO3PSi.C3H9N3Si/c1-24(2,3)19-23(20-4-7(10,11)12,21-5-8(13,14)15)22-6-9(16,17)18;1-7(2,3)6-5-4/h4-6H2,1-3H3;1-3H3. The minimum absolute atomic E-state index is 1.35. The summed E-state index contributed by atoms with van der Waals surface area (Å²) in [4.78, 5) is 2.69. The van der Waals surface area contributed by atoms with E-state index in [2.05, 4.69) is 27.7 Å². The lowest BCUT2D eigenvalue weighted by atomic mass is 10.7. The van der Waals surface area contributed by atoms with Gasteiger partial charge in [0.1, 0.15) is 8.24 Å². The van der Waals surface area contributed by atoms with Gasteiger partial charge in [-0.2, -0.15) is 39.5 Å². The highest BCUT2D eigenvalue weighted by Crippen LogP contribution is 2.56. The molecule has 0 heterocycles. The summed E-state index contributed by atoms with van der Waals surface area (Å²) in [5, 5.41) is 0. The van der Waals surface area contributed by atoms with Gasteiger partial charge in [-0.15, -0.1) is 4.78 Å². The molecule has 0 amide bonds. The van der Waals surface area contributed by atoms with Crippen molar-refractivity contribution in [2.24, 2.45) is 9.19 Å². The van der Waals surface area contributed by atoms with Crippen molar-refractivity contribution in [2.45, 2.75) is 57.8 Å². The summed E-state index contributed by atoms with van der Waals surface area (Å²) in [6, 6.07) is 0. The Bertz CT molecular complexity index is 600. The maximum atomic E-state index is 12.3. The first-order valence-corrected chi connectivity index (χ1v) is 16.6. The Kier molecular flexibility index (Phi) is 12.4. The van der Waals surface area contributed by atoms with E-state index in [0.717, 1.165) is 0 Å². The van der Waals surface area contributed by atoms with Gasteiger partial charge in [0, 0.05) is 0 Å². The van der Waals surface area contributed by atoms with Crippen molar-refractivity contribution in [3.8, 4) is 0 Å². The zero-order chi connectivity index (χ0) is 25.4. The van der Waals surface area contributed by atoms with Gasteiger partial charge in [-0.05, 0) is 30.1 Å². The quantitative estimate of drug-likeness (QED) is 0.0807. The third kappa shape index (κ3) is 23.7. The van der Waals surface area contributed by atoms with E-state index in [4.69, 9.17) is 5.53 Å². The molecule has 0 N–H and O–H groups in total. The molecule has 7 nitrogen and oxygen atoms in total. The van der Waals surface area contributed by atoms with Crippen LogP contribution in [0.1, 0.15) is 0 Å². The summed E-state index contributed by atoms with van der Waals surface area (Å²) >= 11 is 0. The van der Waals surface area contributed by atoms with Gasteiger partial charge in [-0.25, -0.2) is 0 Å². The van der Waals surface area contributed by atoms with Crippen molar-refractivity contribution >= 4 is 24.2 Å².